The Labute approximate surface area is 201 Å². The fraction of sp³-hybridized carbons (Fsp3) is 0.652. The van der Waals surface area contributed by atoms with Gasteiger partial charge in [0.05, 0.1) is 12.5 Å². The fourth-order valence-electron chi connectivity index (χ4n) is 4.24. The summed E-state index contributed by atoms with van der Waals surface area (Å²) in [5, 5.41) is 5.93. The van der Waals surface area contributed by atoms with Crippen LogP contribution in [-0.4, -0.2) is 58.1 Å². The van der Waals surface area contributed by atoms with Crippen LogP contribution in [0.1, 0.15) is 50.5 Å². The van der Waals surface area contributed by atoms with Crippen molar-refractivity contribution in [3.8, 4) is 0 Å². The minimum absolute atomic E-state index is 0.126. The second-order valence-electron chi connectivity index (χ2n) is 9.20. The van der Waals surface area contributed by atoms with Gasteiger partial charge in [0.15, 0.2) is 0 Å². The van der Waals surface area contributed by atoms with Crippen molar-refractivity contribution in [3.63, 3.8) is 0 Å². The highest BCUT2D eigenvalue weighted by Crippen LogP contribution is 2.23. The summed E-state index contributed by atoms with van der Waals surface area (Å²) < 4.78 is 29.0. The number of hydroxylamine groups is 1. The zero-order chi connectivity index (χ0) is 24.6. The van der Waals surface area contributed by atoms with E-state index >= 15 is 0 Å². The molecule has 2 saturated heterocycles. The Kier molecular flexibility index (Phi) is 9.84. The number of aryl methyl sites for hydroxylation is 1. The van der Waals surface area contributed by atoms with Gasteiger partial charge in [-0.2, -0.15) is 13.9 Å². The van der Waals surface area contributed by atoms with Crippen LogP contribution in [0.2, 0.25) is 0 Å². The molecule has 2 fully saturated rings. The quantitative estimate of drug-likeness (QED) is 0.328. The van der Waals surface area contributed by atoms with Crippen LogP contribution in [-0.2, 0) is 28.7 Å². The minimum atomic E-state index is -4.27. The molecule has 190 valence electrons. The van der Waals surface area contributed by atoms with Crippen LogP contribution in [0.25, 0.3) is 0 Å². The predicted molar refractivity (Wildman–Crippen MR) is 126 cm³/mol. The molecule has 2 aliphatic heterocycles. The molecule has 3 rings (SSSR count). The normalized spacial score (nSPS) is 22.3. The smallest absolute Gasteiger partial charge is 0.341 e. The Morgan fingerprint density at radius 3 is 2.62 bits per heavy atom. The van der Waals surface area contributed by atoms with Crippen LogP contribution >= 0.6 is 0 Å². The van der Waals surface area contributed by atoms with Crippen LogP contribution in [0.3, 0.4) is 0 Å². The second-order valence-corrected chi connectivity index (χ2v) is 10.7. The van der Waals surface area contributed by atoms with E-state index in [0.29, 0.717) is 0 Å². The van der Waals surface area contributed by atoms with Crippen LogP contribution in [0, 0.1) is 12.8 Å². The van der Waals surface area contributed by atoms with Gasteiger partial charge in [-0.15, -0.1) is 0 Å². The van der Waals surface area contributed by atoms with E-state index in [9.17, 15) is 18.0 Å². The number of carbonyl (C=O) groups is 2. The summed E-state index contributed by atoms with van der Waals surface area (Å²) in [5.74, 6) is -0.659. The van der Waals surface area contributed by atoms with Crippen molar-refractivity contribution in [2.75, 3.05) is 19.6 Å². The van der Waals surface area contributed by atoms with Gasteiger partial charge in [0, 0.05) is 12.6 Å². The highest BCUT2D eigenvalue weighted by Gasteiger charge is 2.29. The lowest BCUT2D eigenvalue weighted by Gasteiger charge is -2.22. The molecule has 0 aliphatic carbocycles. The van der Waals surface area contributed by atoms with E-state index in [1.165, 1.54) is 31.4 Å². The van der Waals surface area contributed by atoms with E-state index in [1.807, 2.05) is 6.92 Å². The molecule has 5 N–H and O–H groups in total. The Hall–Kier alpha value is -2.05. The molecule has 34 heavy (non-hydrogen) atoms. The lowest BCUT2D eigenvalue weighted by atomic mass is 9.91. The first-order valence-electron chi connectivity index (χ1n) is 11.9. The van der Waals surface area contributed by atoms with Crippen molar-refractivity contribution in [1.29, 1.82) is 0 Å². The molecular weight excluding hydrogens is 460 g/mol. The van der Waals surface area contributed by atoms with Crippen LogP contribution in [0.4, 0.5) is 0 Å². The maximum absolute atomic E-state index is 12.2. The van der Waals surface area contributed by atoms with Crippen molar-refractivity contribution in [2.45, 2.75) is 75.0 Å². The third kappa shape index (κ3) is 8.31. The first kappa shape index (κ1) is 26.6. The number of carbonyl (C=O) groups excluding carboxylic acids is 2. The first-order valence-corrected chi connectivity index (χ1v) is 13.3. The second kappa shape index (κ2) is 12.6. The number of piperidine rings is 1. The van der Waals surface area contributed by atoms with Gasteiger partial charge in [0.25, 0.3) is 0 Å². The summed E-state index contributed by atoms with van der Waals surface area (Å²) in [7, 11) is -4.27. The Balaban J connectivity index is 1.32. The van der Waals surface area contributed by atoms with Gasteiger partial charge in [-0.3, -0.25) is 9.63 Å². The van der Waals surface area contributed by atoms with Gasteiger partial charge in [-0.05, 0) is 63.7 Å². The van der Waals surface area contributed by atoms with Crippen molar-refractivity contribution < 1.29 is 27.0 Å². The van der Waals surface area contributed by atoms with Crippen LogP contribution in [0.15, 0.2) is 29.2 Å². The van der Waals surface area contributed by atoms with Crippen LogP contribution < -0.4 is 21.8 Å². The topological polar surface area (TPSA) is 149 Å². The number of benzene rings is 1. The predicted octanol–water partition coefficient (Wildman–Crippen LogP) is 0.893. The highest BCUT2D eigenvalue weighted by atomic mass is 32.2. The molecule has 0 bridgehead atoms. The summed E-state index contributed by atoms with van der Waals surface area (Å²) in [6.07, 6.45) is 6.45. The SMILES string of the molecule is Cc1ccc(S(=O)(=O)OC(=O)[C@@H](N)CNC(=O)C[C@H]2C[C@H](CCCC3CCNCC3)NO2)cc1. The molecule has 1 amide bonds. The average Bonchev–Trinajstić information content (AvgIpc) is 3.25. The van der Waals surface area contributed by atoms with E-state index in [4.69, 9.17) is 10.6 Å². The van der Waals surface area contributed by atoms with E-state index in [2.05, 4.69) is 20.3 Å². The number of hydrogen-bond donors (Lipinski definition) is 4. The fourth-order valence-corrected chi connectivity index (χ4v) is 5.15. The summed E-state index contributed by atoms with van der Waals surface area (Å²) in [4.78, 5) is 29.7. The highest BCUT2D eigenvalue weighted by molar-refractivity contribution is 7.87. The van der Waals surface area contributed by atoms with Gasteiger partial charge in [-0.25, -0.2) is 4.79 Å². The van der Waals surface area contributed by atoms with E-state index in [0.717, 1.165) is 43.8 Å². The molecule has 11 heteroatoms. The summed E-state index contributed by atoms with van der Waals surface area (Å²) in [5.41, 5.74) is 9.61. The van der Waals surface area contributed by atoms with Crippen molar-refractivity contribution in [3.05, 3.63) is 29.8 Å². The molecule has 0 radical (unpaired) electrons. The first-order chi connectivity index (χ1) is 16.2. The number of hydrogen-bond acceptors (Lipinski definition) is 9. The molecule has 3 atom stereocenters. The molecule has 0 unspecified atom stereocenters. The number of nitrogens with two attached hydrogens (primary N) is 1. The number of rotatable bonds is 11. The third-order valence-electron chi connectivity index (χ3n) is 6.31. The standard InChI is InChI=1S/C23H36N4O6S/c1-16-5-7-20(8-6-16)34(30,31)33-23(29)21(24)15-26-22(28)14-19-13-18(27-32-19)4-2-3-17-9-11-25-12-10-17/h5-8,17-19,21,25,27H,2-4,9-15,24H2,1H3,(H,26,28)/t18-,19+,21-/m0/s1. The van der Waals surface area contributed by atoms with Gasteiger partial charge in [0.1, 0.15) is 10.9 Å². The van der Waals surface area contributed by atoms with Crippen molar-refractivity contribution in [1.82, 2.24) is 16.1 Å². The maximum atomic E-state index is 12.2. The zero-order valence-electron chi connectivity index (χ0n) is 19.6. The van der Waals surface area contributed by atoms with E-state index in [1.54, 1.807) is 12.1 Å². The number of amides is 1. The minimum Gasteiger partial charge on any atom is -0.354 e. The molecule has 0 saturated carbocycles. The monoisotopic (exact) mass is 496 g/mol. The molecule has 1 aromatic rings. The van der Waals surface area contributed by atoms with Gasteiger partial charge in [0.2, 0.25) is 5.91 Å². The van der Waals surface area contributed by atoms with E-state index in [-0.39, 0.29) is 35.9 Å². The maximum Gasteiger partial charge on any atom is 0.341 e. The lowest BCUT2D eigenvalue weighted by Crippen LogP contribution is -2.44. The van der Waals surface area contributed by atoms with Gasteiger partial charge < -0.3 is 20.6 Å². The molecule has 2 aliphatic rings. The Morgan fingerprint density at radius 1 is 1.21 bits per heavy atom. The molecule has 1 aromatic carbocycles. The largest absolute Gasteiger partial charge is 0.354 e. The Bertz CT molecular complexity index is 918. The van der Waals surface area contributed by atoms with Gasteiger partial charge in [-0.1, -0.05) is 30.5 Å². The Morgan fingerprint density at radius 2 is 1.91 bits per heavy atom. The average molecular weight is 497 g/mol. The van der Waals surface area contributed by atoms with Crippen LogP contribution in [0.5, 0.6) is 0 Å². The number of nitrogens with one attached hydrogen (secondary N) is 3. The summed E-state index contributed by atoms with van der Waals surface area (Å²) in [6, 6.07) is 4.81. The summed E-state index contributed by atoms with van der Waals surface area (Å²) in [6.45, 7) is 3.79. The molecular formula is C23H36N4O6S. The summed E-state index contributed by atoms with van der Waals surface area (Å²) >= 11 is 0. The van der Waals surface area contributed by atoms with Gasteiger partial charge >= 0.3 is 16.1 Å². The van der Waals surface area contributed by atoms with Crippen molar-refractivity contribution in [2.24, 2.45) is 11.7 Å². The lowest BCUT2D eigenvalue weighted by molar-refractivity contribution is -0.135. The van der Waals surface area contributed by atoms with E-state index < -0.39 is 22.1 Å². The zero-order valence-corrected chi connectivity index (χ0v) is 20.4. The third-order valence-corrected chi connectivity index (χ3v) is 7.54. The molecule has 0 aromatic heterocycles. The molecule has 2 heterocycles. The van der Waals surface area contributed by atoms with Crippen molar-refractivity contribution >= 4 is 22.0 Å². The molecule has 0 spiro atoms. The molecule has 10 nitrogen and oxygen atoms in total.